The van der Waals surface area contributed by atoms with Crippen molar-refractivity contribution < 1.29 is 14.3 Å². The van der Waals surface area contributed by atoms with E-state index in [9.17, 15) is 9.59 Å². The molecule has 6 heteroatoms. The Labute approximate surface area is 133 Å². The Kier molecular flexibility index (Phi) is 7.55. The Morgan fingerprint density at radius 3 is 2.27 bits per heavy atom. The Hall–Kier alpha value is -1.40. The number of piperazine rings is 1. The van der Waals surface area contributed by atoms with Crippen LogP contribution in [0.3, 0.4) is 0 Å². The maximum Gasteiger partial charge on any atom is 0.407 e. The zero-order chi connectivity index (χ0) is 16.6. The molecule has 22 heavy (non-hydrogen) atoms. The molecule has 6 nitrogen and oxygen atoms in total. The van der Waals surface area contributed by atoms with Gasteiger partial charge in [-0.3, -0.25) is 14.6 Å². The fourth-order valence-electron chi connectivity index (χ4n) is 2.19. The van der Waals surface area contributed by atoms with Crippen LogP contribution in [0.5, 0.6) is 0 Å². The van der Waals surface area contributed by atoms with Crippen molar-refractivity contribution in [2.45, 2.75) is 33.3 Å². The standard InChI is InChI=1S/C16H29N3O3/c1-14(20)6-5-8-18-10-12-19(13-11-18)9-7-17-15(21)22-16(2,3)4/h5-6H,7-13H2,1-4H3,(H,17,21)/b6-5+. The number of ketones is 1. The van der Waals surface area contributed by atoms with Gasteiger partial charge in [0, 0.05) is 45.8 Å². The number of hydrogen-bond acceptors (Lipinski definition) is 5. The van der Waals surface area contributed by atoms with Gasteiger partial charge in [-0.25, -0.2) is 4.79 Å². The smallest absolute Gasteiger partial charge is 0.407 e. The fraction of sp³-hybridized carbons (Fsp3) is 0.750. The second-order valence-electron chi connectivity index (χ2n) is 6.58. The molecule has 0 aromatic carbocycles. The number of rotatable bonds is 6. The minimum absolute atomic E-state index is 0.0897. The van der Waals surface area contributed by atoms with E-state index in [1.165, 1.54) is 0 Å². The van der Waals surface area contributed by atoms with Gasteiger partial charge in [0.15, 0.2) is 5.78 Å². The molecule has 1 N–H and O–H groups in total. The van der Waals surface area contributed by atoms with E-state index < -0.39 is 5.60 Å². The SMILES string of the molecule is CC(=O)/C=C/CN1CCN(CCNC(=O)OC(C)(C)C)CC1. The first-order chi connectivity index (χ1) is 10.3. The molecule has 1 amide bonds. The quantitative estimate of drug-likeness (QED) is 0.749. The molecule has 0 aromatic heterocycles. The number of carbonyl (C=O) groups excluding carboxylic acids is 2. The molecule has 1 aliphatic heterocycles. The first-order valence-corrected chi connectivity index (χ1v) is 7.85. The van der Waals surface area contributed by atoms with Crippen molar-refractivity contribution in [2.24, 2.45) is 0 Å². The molecule has 1 fully saturated rings. The number of nitrogens with one attached hydrogen (secondary N) is 1. The van der Waals surface area contributed by atoms with Gasteiger partial charge in [-0.15, -0.1) is 0 Å². The molecular weight excluding hydrogens is 282 g/mol. The van der Waals surface area contributed by atoms with Gasteiger partial charge in [-0.2, -0.15) is 0 Å². The van der Waals surface area contributed by atoms with Crippen molar-refractivity contribution in [3.8, 4) is 0 Å². The average Bonchev–Trinajstić information content (AvgIpc) is 2.38. The predicted octanol–water partition coefficient (Wildman–Crippen LogP) is 1.27. The molecule has 0 unspecified atom stereocenters. The number of allylic oxidation sites excluding steroid dienone is 1. The first-order valence-electron chi connectivity index (χ1n) is 7.85. The highest BCUT2D eigenvalue weighted by Crippen LogP contribution is 2.06. The van der Waals surface area contributed by atoms with Crippen LogP contribution in [0, 0.1) is 0 Å². The van der Waals surface area contributed by atoms with Crippen LogP contribution in [-0.2, 0) is 9.53 Å². The summed E-state index contributed by atoms with van der Waals surface area (Å²) >= 11 is 0. The molecule has 0 atom stereocenters. The lowest BCUT2D eigenvalue weighted by Crippen LogP contribution is -2.48. The van der Waals surface area contributed by atoms with Crippen LogP contribution >= 0.6 is 0 Å². The number of amides is 1. The third-order valence-electron chi connectivity index (χ3n) is 3.28. The highest BCUT2D eigenvalue weighted by molar-refractivity contribution is 5.87. The van der Waals surface area contributed by atoms with Gasteiger partial charge in [0.2, 0.25) is 0 Å². The Morgan fingerprint density at radius 1 is 1.14 bits per heavy atom. The highest BCUT2D eigenvalue weighted by Gasteiger charge is 2.17. The Balaban J connectivity index is 2.13. The highest BCUT2D eigenvalue weighted by atomic mass is 16.6. The molecule has 0 bridgehead atoms. The van der Waals surface area contributed by atoms with Crippen LogP contribution in [0.15, 0.2) is 12.2 Å². The van der Waals surface area contributed by atoms with E-state index in [0.29, 0.717) is 6.54 Å². The van der Waals surface area contributed by atoms with Gasteiger partial charge in [0.25, 0.3) is 0 Å². The largest absolute Gasteiger partial charge is 0.444 e. The summed E-state index contributed by atoms with van der Waals surface area (Å²) < 4.78 is 5.20. The van der Waals surface area contributed by atoms with E-state index in [1.807, 2.05) is 26.8 Å². The average molecular weight is 311 g/mol. The summed E-state index contributed by atoms with van der Waals surface area (Å²) in [5.41, 5.74) is -0.455. The van der Waals surface area contributed by atoms with Gasteiger partial charge in [0.05, 0.1) is 0 Å². The molecular formula is C16H29N3O3. The third kappa shape index (κ3) is 8.79. The van der Waals surface area contributed by atoms with Crippen molar-refractivity contribution in [3.05, 3.63) is 12.2 Å². The Morgan fingerprint density at radius 2 is 1.73 bits per heavy atom. The molecule has 1 rings (SSSR count). The van der Waals surface area contributed by atoms with Crippen LogP contribution in [0.4, 0.5) is 4.79 Å². The molecule has 0 spiro atoms. The summed E-state index contributed by atoms with van der Waals surface area (Å²) in [4.78, 5) is 27.0. The summed E-state index contributed by atoms with van der Waals surface area (Å²) in [7, 11) is 0. The lowest BCUT2D eigenvalue weighted by Gasteiger charge is -2.34. The summed E-state index contributed by atoms with van der Waals surface area (Å²) in [5.74, 6) is 0.0897. The monoisotopic (exact) mass is 311 g/mol. The van der Waals surface area contributed by atoms with E-state index in [4.69, 9.17) is 4.74 Å². The van der Waals surface area contributed by atoms with Gasteiger partial charge < -0.3 is 10.1 Å². The summed E-state index contributed by atoms with van der Waals surface area (Å²) in [5, 5.41) is 2.78. The van der Waals surface area contributed by atoms with Gasteiger partial charge in [-0.05, 0) is 33.8 Å². The maximum atomic E-state index is 11.5. The van der Waals surface area contributed by atoms with Crippen molar-refractivity contribution in [1.82, 2.24) is 15.1 Å². The van der Waals surface area contributed by atoms with Crippen LogP contribution < -0.4 is 5.32 Å². The van der Waals surface area contributed by atoms with E-state index in [2.05, 4.69) is 15.1 Å². The summed E-state index contributed by atoms with van der Waals surface area (Å²) in [6.07, 6.45) is 3.18. The second kappa shape index (κ2) is 8.90. The zero-order valence-electron chi connectivity index (χ0n) is 14.2. The number of hydrogen-bond donors (Lipinski definition) is 1. The van der Waals surface area contributed by atoms with Crippen LogP contribution in [0.25, 0.3) is 0 Å². The van der Waals surface area contributed by atoms with Crippen LogP contribution in [0.2, 0.25) is 0 Å². The molecule has 1 saturated heterocycles. The number of nitrogens with zero attached hydrogens (tertiary/aromatic N) is 2. The van der Waals surface area contributed by atoms with Crippen molar-refractivity contribution in [2.75, 3.05) is 45.8 Å². The van der Waals surface area contributed by atoms with Crippen LogP contribution in [0.1, 0.15) is 27.7 Å². The summed E-state index contributed by atoms with van der Waals surface area (Å²) in [6, 6.07) is 0. The minimum atomic E-state index is -0.455. The van der Waals surface area contributed by atoms with E-state index in [1.54, 1.807) is 13.0 Å². The topological polar surface area (TPSA) is 61.9 Å². The predicted molar refractivity (Wildman–Crippen MR) is 86.9 cm³/mol. The molecule has 0 radical (unpaired) electrons. The van der Waals surface area contributed by atoms with Crippen molar-refractivity contribution in [3.63, 3.8) is 0 Å². The van der Waals surface area contributed by atoms with Crippen molar-refractivity contribution >= 4 is 11.9 Å². The van der Waals surface area contributed by atoms with Gasteiger partial charge >= 0.3 is 6.09 Å². The van der Waals surface area contributed by atoms with Gasteiger partial charge in [-0.1, -0.05) is 6.08 Å². The molecule has 0 aliphatic carbocycles. The van der Waals surface area contributed by atoms with E-state index in [-0.39, 0.29) is 11.9 Å². The zero-order valence-corrected chi connectivity index (χ0v) is 14.2. The lowest BCUT2D eigenvalue weighted by atomic mass is 10.2. The van der Waals surface area contributed by atoms with Crippen molar-refractivity contribution in [1.29, 1.82) is 0 Å². The van der Waals surface area contributed by atoms with E-state index in [0.717, 1.165) is 39.3 Å². The van der Waals surface area contributed by atoms with Crippen LogP contribution in [-0.4, -0.2) is 73.1 Å². The van der Waals surface area contributed by atoms with E-state index >= 15 is 0 Å². The van der Waals surface area contributed by atoms with Gasteiger partial charge in [0.1, 0.15) is 5.60 Å². The normalized spacial score (nSPS) is 17.6. The molecule has 0 aromatic rings. The fourth-order valence-corrected chi connectivity index (χ4v) is 2.19. The Bertz CT molecular complexity index is 394. The maximum absolute atomic E-state index is 11.5. The molecule has 0 saturated carbocycles. The second-order valence-corrected chi connectivity index (χ2v) is 6.58. The third-order valence-corrected chi connectivity index (χ3v) is 3.28. The molecule has 1 aliphatic rings. The number of alkyl carbamates (subject to hydrolysis) is 1. The lowest BCUT2D eigenvalue weighted by molar-refractivity contribution is -0.112. The molecule has 1 heterocycles. The number of carbonyl (C=O) groups is 2. The number of ether oxygens (including phenoxy) is 1. The first kappa shape index (κ1) is 18.6. The summed E-state index contributed by atoms with van der Waals surface area (Å²) in [6.45, 7) is 13.3. The minimum Gasteiger partial charge on any atom is -0.444 e. The molecule has 126 valence electrons.